The van der Waals surface area contributed by atoms with Crippen molar-refractivity contribution in [2.45, 2.75) is 4.90 Å². The second-order valence-electron chi connectivity index (χ2n) is 4.96. The number of aryl methyl sites for hydroxylation is 1. The zero-order chi connectivity index (χ0) is 14.4. The van der Waals surface area contributed by atoms with Crippen LogP contribution in [-0.2, 0) is 7.05 Å². The maximum absolute atomic E-state index is 4.70. The predicted octanol–water partition coefficient (Wildman–Crippen LogP) is 3.84. The number of aromatic amines is 1. The van der Waals surface area contributed by atoms with Crippen molar-refractivity contribution in [2.24, 2.45) is 7.05 Å². The van der Waals surface area contributed by atoms with Crippen LogP contribution in [0.1, 0.15) is 0 Å². The molecule has 0 unspecified atom stereocenters. The second-order valence-corrected chi connectivity index (χ2v) is 5.84. The van der Waals surface area contributed by atoms with Gasteiger partial charge in [0.25, 0.3) is 0 Å². The van der Waals surface area contributed by atoms with Crippen molar-refractivity contribution in [3.05, 3.63) is 42.7 Å². The van der Waals surface area contributed by atoms with Gasteiger partial charge in [-0.25, -0.2) is 4.98 Å². The molecule has 0 aliphatic rings. The summed E-state index contributed by atoms with van der Waals surface area (Å²) in [5.41, 5.74) is 4.12. The molecule has 4 nitrogen and oxygen atoms in total. The molecule has 3 aromatic heterocycles. The van der Waals surface area contributed by atoms with Gasteiger partial charge in [0.1, 0.15) is 11.3 Å². The van der Waals surface area contributed by atoms with Gasteiger partial charge >= 0.3 is 0 Å². The zero-order valence-corrected chi connectivity index (χ0v) is 12.6. The summed E-state index contributed by atoms with van der Waals surface area (Å²) in [7, 11) is 1.98. The second kappa shape index (κ2) is 4.63. The first-order valence-corrected chi connectivity index (χ1v) is 7.93. The van der Waals surface area contributed by atoms with Crippen molar-refractivity contribution >= 4 is 33.7 Å². The summed E-state index contributed by atoms with van der Waals surface area (Å²) in [6.45, 7) is 0. The molecule has 0 aliphatic carbocycles. The van der Waals surface area contributed by atoms with Gasteiger partial charge in [0.15, 0.2) is 0 Å². The Labute approximate surface area is 126 Å². The van der Waals surface area contributed by atoms with Crippen LogP contribution in [-0.4, -0.2) is 26.0 Å². The van der Waals surface area contributed by atoms with Crippen molar-refractivity contribution in [2.75, 3.05) is 6.26 Å². The highest BCUT2D eigenvalue weighted by Crippen LogP contribution is 2.31. The molecule has 4 rings (SSSR count). The molecule has 0 atom stereocenters. The first-order valence-electron chi connectivity index (χ1n) is 6.71. The van der Waals surface area contributed by atoms with Crippen molar-refractivity contribution in [1.82, 2.24) is 19.7 Å². The number of fused-ring (bicyclic) bond motifs is 3. The molecule has 5 heteroatoms. The summed E-state index contributed by atoms with van der Waals surface area (Å²) < 4.78 is 1.94. The minimum absolute atomic E-state index is 0.898. The van der Waals surface area contributed by atoms with Crippen LogP contribution >= 0.6 is 11.8 Å². The Hall–Kier alpha value is -2.27. The lowest BCUT2D eigenvalue weighted by Crippen LogP contribution is -1.90. The summed E-state index contributed by atoms with van der Waals surface area (Å²) >= 11 is 1.74. The molecular formula is C16H14N4S. The van der Waals surface area contributed by atoms with Crippen LogP contribution in [0.3, 0.4) is 0 Å². The molecule has 0 bridgehead atoms. The Balaban J connectivity index is 2.00. The van der Waals surface area contributed by atoms with Crippen molar-refractivity contribution in [3.63, 3.8) is 0 Å². The average molecular weight is 294 g/mol. The number of H-pyrrole nitrogens is 1. The molecule has 0 aliphatic heterocycles. The fourth-order valence-electron chi connectivity index (χ4n) is 2.73. The van der Waals surface area contributed by atoms with Gasteiger partial charge < -0.3 is 4.98 Å². The fraction of sp³-hybridized carbons (Fsp3) is 0.125. The molecule has 1 N–H and O–H groups in total. The van der Waals surface area contributed by atoms with E-state index < -0.39 is 0 Å². The van der Waals surface area contributed by atoms with E-state index in [1.807, 2.05) is 30.2 Å². The fourth-order valence-corrected chi connectivity index (χ4v) is 3.14. The number of hydrogen-bond donors (Lipinski definition) is 1. The van der Waals surface area contributed by atoms with Gasteiger partial charge in [0.05, 0.1) is 5.52 Å². The number of hydrogen-bond acceptors (Lipinski definition) is 3. The Morgan fingerprint density at radius 1 is 1.10 bits per heavy atom. The van der Waals surface area contributed by atoms with E-state index >= 15 is 0 Å². The normalized spacial score (nSPS) is 11.5. The lowest BCUT2D eigenvalue weighted by molar-refractivity contribution is 0.803. The molecule has 0 saturated carbocycles. The van der Waals surface area contributed by atoms with Crippen LogP contribution < -0.4 is 0 Å². The largest absolute Gasteiger partial charge is 0.346 e. The Bertz CT molecular complexity index is 934. The number of thioether (sulfide) groups is 1. The molecule has 0 spiro atoms. The van der Waals surface area contributed by atoms with E-state index in [9.17, 15) is 0 Å². The van der Waals surface area contributed by atoms with Crippen LogP contribution in [0.2, 0.25) is 0 Å². The van der Waals surface area contributed by atoms with E-state index in [0.29, 0.717) is 0 Å². The highest BCUT2D eigenvalue weighted by Gasteiger charge is 2.14. The quantitative estimate of drug-likeness (QED) is 0.571. The molecule has 0 saturated heterocycles. The van der Waals surface area contributed by atoms with E-state index in [-0.39, 0.29) is 0 Å². The number of nitrogens with zero attached hydrogens (tertiary/aromatic N) is 3. The number of rotatable bonds is 2. The third-order valence-corrected chi connectivity index (χ3v) is 4.49. The smallest absolute Gasteiger partial charge is 0.139 e. The highest BCUT2D eigenvalue weighted by molar-refractivity contribution is 7.98. The van der Waals surface area contributed by atoms with Crippen LogP contribution in [0.5, 0.6) is 0 Å². The van der Waals surface area contributed by atoms with Gasteiger partial charge in [-0.3, -0.25) is 4.68 Å². The van der Waals surface area contributed by atoms with E-state index in [4.69, 9.17) is 5.10 Å². The minimum Gasteiger partial charge on any atom is -0.346 e. The molecule has 104 valence electrons. The third kappa shape index (κ3) is 1.85. The minimum atomic E-state index is 0.898. The Morgan fingerprint density at radius 2 is 1.90 bits per heavy atom. The van der Waals surface area contributed by atoms with Crippen molar-refractivity contribution in [1.29, 1.82) is 0 Å². The Kier molecular flexibility index (Phi) is 2.75. The van der Waals surface area contributed by atoms with Crippen LogP contribution in [0.25, 0.3) is 33.2 Å². The van der Waals surface area contributed by atoms with Crippen molar-refractivity contribution < 1.29 is 0 Å². The summed E-state index contributed by atoms with van der Waals surface area (Å²) in [5, 5.41) is 6.89. The van der Waals surface area contributed by atoms with Gasteiger partial charge in [-0.1, -0.05) is 12.1 Å². The third-order valence-electron chi connectivity index (χ3n) is 3.75. The van der Waals surface area contributed by atoms with Crippen LogP contribution in [0, 0.1) is 0 Å². The summed E-state index contributed by atoms with van der Waals surface area (Å²) in [6.07, 6.45) is 5.90. The predicted molar refractivity (Wildman–Crippen MR) is 87.6 cm³/mol. The highest BCUT2D eigenvalue weighted by atomic mass is 32.2. The molecule has 0 fully saturated rings. The van der Waals surface area contributed by atoms with E-state index in [0.717, 1.165) is 33.2 Å². The SMILES string of the molecule is CSc1ccc(-c2nn(C)c3c2cnc2[nH]ccc23)cc1. The Morgan fingerprint density at radius 3 is 2.67 bits per heavy atom. The van der Waals surface area contributed by atoms with Crippen molar-refractivity contribution in [3.8, 4) is 11.3 Å². The van der Waals surface area contributed by atoms with Gasteiger partial charge in [-0.05, 0) is 24.5 Å². The average Bonchev–Trinajstić information content (AvgIpc) is 3.11. The van der Waals surface area contributed by atoms with E-state index in [1.54, 1.807) is 11.8 Å². The lowest BCUT2D eigenvalue weighted by Gasteiger charge is -2.00. The summed E-state index contributed by atoms with van der Waals surface area (Å²) in [4.78, 5) is 8.89. The summed E-state index contributed by atoms with van der Waals surface area (Å²) in [6, 6.07) is 10.5. The van der Waals surface area contributed by atoms with Gasteiger partial charge in [0, 0.05) is 40.7 Å². The van der Waals surface area contributed by atoms with Crippen LogP contribution in [0.15, 0.2) is 47.6 Å². The summed E-state index contributed by atoms with van der Waals surface area (Å²) in [5.74, 6) is 0. The van der Waals surface area contributed by atoms with E-state index in [1.165, 1.54) is 4.90 Å². The number of pyridine rings is 1. The number of aromatic nitrogens is 4. The molecule has 0 amide bonds. The molecule has 3 heterocycles. The molecule has 1 aromatic carbocycles. The van der Waals surface area contributed by atoms with E-state index in [2.05, 4.69) is 40.5 Å². The maximum atomic E-state index is 4.70. The van der Waals surface area contributed by atoms with Gasteiger partial charge in [-0.2, -0.15) is 5.10 Å². The topological polar surface area (TPSA) is 46.5 Å². The molecule has 21 heavy (non-hydrogen) atoms. The van der Waals surface area contributed by atoms with Gasteiger partial charge in [-0.15, -0.1) is 11.8 Å². The monoisotopic (exact) mass is 294 g/mol. The molecule has 0 radical (unpaired) electrons. The zero-order valence-electron chi connectivity index (χ0n) is 11.8. The van der Waals surface area contributed by atoms with Gasteiger partial charge in [0.2, 0.25) is 0 Å². The number of benzene rings is 1. The first-order chi connectivity index (χ1) is 10.3. The molecular weight excluding hydrogens is 280 g/mol. The first kappa shape index (κ1) is 12.5. The van der Waals surface area contributed by atoms with Crippen LogP contribution in [0.4, 0.5) is 0 Å². The lowest BCUT2D eigenvalue weighted by atomic mass is 10.1. The maximum Gasteiger partial charge on any atom is 0.139 e. The molecule has 4 aromatic rings. The standard InChI is InChI=1S/C16H14N4S/c1-20-15-12-7-8-17-16(12)18-9-13(15)14(19-20)10-3-5-11(21-2)6-4-10/h3-9H,1-2H3,(H,17,18). The number of nitrogens with one attached hydrogen (secondary N) is 1.